The SMILES string of the molecule is C=C1NC(=O)NC(c2cccc([N+](=O)[O-])c2[O-])C1C(C)=O. The van der Waals surface area contributed by atoms with Crippen LogP contribution in [0.5, 0.6) is 5.75 Å². The fourth-order valence-corrected chi connectivity index (χ4v) is 2.35. The van der Waals surface area contributed by atoms with Crippen LogP contribution in [0.2, 0.25) is 0 Å². The summed E-state index contributed by atoms with van der Waals surface area (Å²) in [5, 5.41) is 27.8. The highest BCUT2D eigenvalue weighted by atomic mass is 16.6. The zero-order chi connectivity index (χ0) is 15.7. The van der Waals surface area contributed by atoms with Gasteiger partial charge in [-0.1, -0.05) is 18.7 Å². The van der Waals surface area contributed by atoms with Crippen LogP contribution in [0.1, 0.15) is 18.5 Å². The van der Waals surface area contributed by atoms with Crippen molar-refractivity contribution in [2.75, 3.05) is 0 Å². The monoisotopic (exact) mass is 290 g/mol. The van der Waals surface area contributed by atoms with Gasteiger partial charge in [0, 0.05) is 11.8 Å². The number of urea groups is 1. The Morgan fingerprint density at radius 3 is 2.67 bits per heavy atom. The molecule has 0 aliphatic carbocycles. The second-order valence-corrected chi connectivity index (χ2v) is 4.64. The van der Waals surface area contributed by atoms with E-state index in [2.05, 4.69) is 17.2 Å². The first kappa shape index (κ1) is 14.5. The molecule has 1 aromatic carbocycles. The molecule has 2 N–H and O–H groups in total. The lowest BCUT2D eigenvalue weighted by atomic mass is 9.85. The molecule has 0 radical (unpaired) electrons. The van der Waals surface area contributed by atoms with Crippen LogP contribution in [-0.4, -0.2) is 16.7 Å². The van der Waals surface area contributed by atoms with Crippen LogP contribution in [0.3, 0.4) is 0 Å². The maximum atomic E-state index is 12.1. The lowest BCUT2D eigenvalue weighted by molar-refractivity contribution is -0.398. The first-order valence-corrected chi connectivity index (χ1v) is 6.04. The van der Waals surface area contributed by atoms with Crippen molar-refractivity contribution < 1.29 is 19.6 Å². The third-order valence-electron chi connectivity index (χ3n) is 3.26. The molecule has 110 valence electrons. The Bertz CT molecular complexity index is 655. The van der Waals surface area contributed by atoms with Gasteiger partial charge < -0.3 is 15.7 Å². The number of nitrogens with one attached hydrogen (secondary N) is 2. The highest BCUT2D eigenvalue weighted by Crippen LogP contribution is 2.37. The van der Waals surface area contributed by atoms with E-state index < -0.39 is 34.4 Å². The molecule has 1 aliphatic heterocycles. The second kappa shape index (κ2) is 5.23. The van der Waals surface area contributed by atoms with Crippen molar-refractivity contribution in [1.29, 1.82) is 0 Å². The number of benzene rings is 1. The predicted octanol–water partition coefficient (Wildman–Crippen LogP) is 0.741. The van der Waals surface area contributed by atoms with Gasteiger partial charge in [-0.25, -0.2) is 4.79 Å². The summed E-state index contributed by atoms with van der Waals surface area (Å²) in [5.41, 5.74) is -0.462. The molecule has 0 spiro atoms. The van der Waals surface area contributed by atoms with Gasteiger partial charge >= 0.3 is 6.03 Å². The predicted molar refractivity (Wildman–Crippen MR) is 70.3 cm³/mol. The number of para-hydroxylation sites is 1. The largest absolute Gasteiger partial charge is 0.868 e. The van der Waals surface area contributed by atoms with Crippen LogP contribution in [0.25, 0.3) is 0 Å². The zero-order valence-corrected chi connectivity index (χ0v) is 11.1. The number of hydrogen-bond donors (Lipinski definition) is 2. The average Bonchev–Trinajstić information content (AvgIpc) is 2.36. The van der Waals surface area contributed by atoms with Crippen molar-refractivity contribution in [1.82, 2.24) is 10.6 Å². The fourth-order valence-electron chi connectivity index (χ4n) is 2.35. The molecular weight excluding hydrogens is 278 g/mol. The standard InChI is InChI=1S/C13H13N3O5/c1-6-10(7(2)17)11(15-13(19)14-6)8-4-3-5-9(12(8)18)16(20)21/h3-5,10-11,18H,1H2,2H3,(H2,14,15,19)/p-1. The molecule has 0 aromatic heterocycles. The van der Waals surface area contributed by atoms with Crippen molar-refractivity contribution in [2.45, 2.75) is 13.0 Å². The van der Waals surface area contributed by atoms with Crippen LogP contribution >= 0.6 is 0 Å². The average molecular weight is 290 g/mol. The third-order valence-corrected chi connectivity index (χ3v) is 3.26. The van der Waals surface area contributed by atoms with Gasteiger partial charge in [0.25, 0.3) is 5.69 Å². The quantitative estimate of drug-likeness (QED) is 0.627. The Balaban J connectivity index is 2.54. The van der Waals surface area contributed by atoms with Crippen molar-refractivity contribution in [2.24, 2.45) is 5.92 Å². The van der Waals surface area contributed by atoms with Crippen LogP contribution in [-0.2, 0) is 4.79 Å². The number of ketones is 1. The minimum atomic E-state index is -0.976. The maximum absolute atomic E-state index is 12.1. The number of Topliss-reactive ketones (excluding diaryl/α,β-unsaturated/α-hetero) is 1. The van der Waals surface area contributed by atoms with E-state index in [1.807, 2.05) is 0 Å². The van der Waals surface area contributed by atoms with Crippen LogP contribution in [0.15, 0.2) is 30.5 Å². The summed E-state index contributed by atoms with van der Waals surface area (Å²) < 4.78 is 0. The van der Waals surface area contributed by atoms with Gasteiger partial charge in [0.2, 0.25) is 0 Å². The molecule has 0 saturated carbocycles. The summed E-state index contributed by atoms with van der Waals surface area (Å²) in [6.07, 6.45) is 0. The summed E-state index contributed by atoms with van der Waals surface area (Å²) in [5.74, 6) is -2.01. The molecule has 8 heteroatoms. The van der Waals surface area contributed by atoms with Gasteiger partial charge in [-0.2, -0.15) is 0 Å². The molecule has 0 bridgehead atoms. The Hall–Kier alpha value is -2.90. The normalized spacial score (nSPS) is 21.4. The molecule has 8 nitrogen and oxygen atoms in total. The van der Waals surface area contributed by atoms with E-state index in [0.717, 1.165) is 6.07 Å². The van der Waals surface area contributed by atoms with Gasteiger partial charge in [0.05, 0.1) is 16.9 Å². The number of nitro groups is 1. The van der Waals surface area contributed by atoms with Gasteiger partial charge in [-0.05, 0) is 18.2 Å². The maximum Gasteiger partial charge on any atom is 0.319 e. The summed E-state index contributed by atoms with van der Waals surface area (Å²) >= 11 is 0. The Morgan fingerprint density at radius 2 is 2.10 bits per heavy atom. The topological polar surface area (TPSA) is 124 Å². The van der Waals surface area contributed by atoms with Gasteiger partial charge in [0.15, 0.2) is 0 Å². The third kappa shape index (κ3) is 2.55. The fraction of sp³-hybridized carbons (Fsp3) is 0.231. The molecular formula is C13H12N3O5-. The molecule has 2 rings (SSSR count). The second-order valence-electron chi connectivity index (χ2n) is 4.64. The molecule has 1 saturated heterocycles. The summed E-state index contributed by atoms with van der Waals surface area (Å²) in [7, 11) is 0. The van der Waals surface area contributed by atoms with Crippen LogP contribution < -0.4 is 15.7 Å². The Morgan fingerprint density at radius 1 is 1.43 bits per heavy atom. The molecule has 1 fully saturated rings. The number of hydrogen-bond acceptors (Lipinski definition) is 5. The van der Waals surface area contributed by atoms with Crippen molar-refractivity contribution in [3.63, 3.8) is 0 Å². The zero-order valence-electron chi connectivity index (χ0n) is 11.1. The van der Waals surface area contributed by atoms with Crippen molar-refractivity contribution >= 4 is 17.5 Å². The minimum absolute atomic E-state index is 0.0135. The van der Waals surface area contributed by atoms with Crippen LogP contribution in [0, 0.1) is 16.0 Å². The van der Waals surface area contributed by atoms with E-state index in [1.54, 1.807) is 0 Å². The molecule has 2 amide bonds. The number of amides is 2. The number of carbonyl (C=O) groups is 2. The van der Waals surface area contributed by atoms with E-state index in [4.69, 9.17) is 0 Å². The van der Waals surface area contributed by atoms with E-state index in [1.165, 1.54) is 19.1 Å². The number of rotatable bonds is 3. The molecule has 2 atom stereocenters. The lowest BCUT2D eigenvalue weighted by Crippen LogP contribution is -2.50. The van der Waals surface area contributed by atoms with E-state index in [9.17, 15) is 24.8 Å². The highest BCUT2D eigenvalue weighted by molar-refractivity contribution is 5.88. The Kier molecular flexibility index (Phi) is 3.62. The number of nitro benzene ring substituents is 1. The summed E-state index contributed by atoms with van der Waals surface area (Å²) in [4.78, 5) is 33.3. The van der Waals surface area contributed by atoms with Gasteiger partial charge in [0.1, 0.15) is 5.78 Å². The highest BCUT2D eigenvalue weighted by Gasteiger charge is 2.36. The first-order chi connectivity index (χ1) is 9.82. The molecule has 1 aromatic rings. The first-order valence-electron chi connectivity index (χ1n) is 6.04. The molecule has 21 heavy (non-hydrogen) atoms. The molecule has 1 heterocycles. The minimum Gasteiger partial charge on any atom is -0.868 e. The molecule has 1 aliphatic rings. The number of carbonyl (C=O) groups excluding carboxylic acids is 2. The smallest absolute Gasteiger partial charge is 0.319 e. The summed E-state index contributed by atoms with van der Waals surface area (Å²) in [6.45, 7) is 4.90. The van der Waals surface area contributed by atoms with Crippen molar-refractivity contribution in [3.05, 3.63) is 46.2 Å². The Labute approximate surface area is 119 Å². The lowest BCUT2D eigenvalue weighted by Gasteiger charge is -2.35. The van der Waals surface area contributed by atoms with Gasteiger partial charge in [-0.3, -0.25) is 14.9 Å². The number of nitrogens with zero attached hydrogens (tertiary/aromatic N) is 1. The molecule has 2 unspecified atom stereocenters. The van der Waals surface area contributed by atoms with Crippen LogP contribution in [0.4, 0.5) is 10.5 Å². The van der Waals surface area contributed by atoms with Gasteiger partial charge in [-0.15, -0.1) is 0 Å². The van der Waals surface area contributed by atoms with E-state index >= 15 is 0 Å². The van der Waals surface area contributed by atoms with E-state index in [0.29, 0.717) is 0 Å². The van der Waals surface area contributed by atoms with E-state index in [-0.39, 0.29) is 17.0 Å². The van der Waals surface area contributed by atoms with Crippen molar-refractivity contribution in [3.8, 4) is 5.75 Å². The summed E-state index contributed by atoms with van der Waals surface area (Å²) in [6, 6.07) is 2.18.